The minimum Gasteiger partial charge on any atom is -0.384 e. The van der Waals surface area contributed by atoms with Crippen molar-refractivity contribution in [1.29, 1.82) is 0 Å². The molecule has 1 fully saturated rings. The second-order valence-electron chi connectivity index (χ2n) is 3.24. The van der Waals surface area contributed by atoms with Gasteiger partial charge in [0.1, 0.15) is 5.60 Å². The summed E-state index contributed by atoms with van der Waals surface area (Å²) in [5, 5.41) is 12.3. The van der Waals surface area contributed by atoms with Crippen molar-refractivity contribution in [2.75, 3.05) is 13.2 Å². The summed E-state index contributed by atoms with van der Waals surface area (Å²) in [6, 6.07) is 1.98. The van der Waals surface area contributed by atoms with Crippen molar-refractivity contribution in [2.45, 2.75) is 18.4 Å². The lowest BCUT2D eigenvalue weighted by Crippen LogP contribution is -2.32. The van der Waals surface area contributed by atoms with Crippen LogP contribution in [0.25, 0.3) is 0 Å². The maximum absolute atomic E-state index is 10.3. The molecule has 1 saturated heterocycles. The molecule has 1 aromatic rings. The summed E-state index contributed by atoms with van der Waals surface area (Å²) in [6.45, 7) is 1.31. The van der Waals surface area contributed by atoms with Crippen molar-refractivity contribution in [3.63, 3.8) is 0 Å². The molecule has 0 spiro atoms. The molecule has 2 nitrogen and oxygen atoms in total. The van der Waals surface area contributed by atoms with Gasteiger partial charge in [-0.1, -0.05) is 0 Å². The van der Waals surface area contributed by atoms with E-state index in [0.29, 0.717) is 26.1 Å². The number of halogens is 1. The molecule has 72 valence electrons. The molecule has 1 N–H and O–H groups in total. The summed E-state index contributed by atoms with van der Waals surface area (Å²) in [7, 11) is 0. The predicted molar refractivity (Wildman–Crippen MR) is 56.0 cm³/mol. The standard InChI is InChI=1S/C9H11BrO2S/c10-7-1-6-13-8(7)9(11)2-4-12-5-3-9/h1,6,11H,2-5H2. The van der Waals surface area contributed by atoms with E-state index in [1.807, 2.05) is 11.4 Å². The fourth-order valence-corrected chi connectivity index (χ4v) is 3.46. The smallest absolute Gasteiger partial charge is 0.104 e. The first-order valence-electron chi connectivity index (χ1n) is 4.26. The average Bonchev–Trinajstić information content (AvgIpc) is 2.53. The van der Waals surface area contributed by atoms with Gasteiger partial charge in [-0.25, -0.2) is 0 Å². The highest BCUT2D eigenvalue weighted by Crippen LogP contribution is 2.39. The first kappa shape index (κ1) is 9.65. The second kappa shape index (κ2) is 3.69. The SMILES string of the molecule is OC1(c2sccc2Br)CCOCC1. The molecule has 2 heterocycles. The predicted octanol–water partition coefficient (Wildman–Crippen LogP) is 2.51. The van der Waals surface area contributed by atoms with Crippen LogP contribution in [0.2, 0.25) is 0 Å². The van der Waals surface area contributed by atoms with Gasteiger partial charge in [-0.3, -0.25) is 0 Å². The lowest BCUT2D eigenvalue weighted by Gasteiger charge is -2.31. The lowest BCUT2D eigenvalue weighted by molar-refractivity contribution is -0.0660. The first-order valence-corrected chi connectivity index (χ1v) is 5.93. The number of aliphatic hydroxyl groups is 1. The van der Waals surface area contributed by atoms with Crippen LogP contribution >= 0.6 is 27.3 Å². The molecule has 1 aliphatic heterocycles. The second-order valence-corrected chi connectivity index (χ2v) is 5.01. The van der Waals surface area contributed by atoms with E-state index in [4.69, 9.17) is 4.74 Å². The van der Waals surface area contributed by atoms with E-state index in [1.165, 1.54) is 0 Å². The van der Waals surface area contributed by atoms with Crippen LogP contribution in [-0.2, 0) is 10.3 Å². The van der Waals surface area contributed by atoms with Crippen molar-refractivity contribution in [1.82, 2.24) is 0 Å². The van der Waals surface area contributed by atoms with Crippen LogP contribution in [0.1, 0.15) is 17.7 Å². The summed E-state index contributed by atoms with van der Waals surface area (Å²) in [6.07, 6.45) is 1.40. The Morgan fingerprint density at radius 3 is 2.69 bits per heavy atom. The van der Waals surface area contributed by atoms with Crippen molar-refractivity contribution >= 4 is 27.3 Å². The zero-order valence-corrected chi connectivity index (χ0v) is 9.53. The summed E-state index contributed by atoms with van der Waals surface area (Å²) < 4.78 is 6.25. The number of rotatable bonds is 1. The molecule has 0 atom stereocenters. The molecule has 1 aromatic heterocycles. The Morgan fingerprint density at radius 2 is 2.15 bits per heavy atom. The quantitative estimate of drug-likeness (QED) is 0.843. The maximum Gasteiger partial charge on any atom is 0.104 e. The third-order valence-electron chi connectivity index (χ3n) is 2.36. The van der Waals surface area contributed by atoms with Gasteiger partial charge in [0.25, 0.3) is 0 Å². The van der Waals surface area contributed by atoms with Gasteiger partial charge in [-0.2, -0.15) is 0 Å². The minimum absolute atomic E-state index is 0.654. The third kappa shape index (κ3) is 1.81. The third-order valence-corrected chi connectivity index (χ3v) is 4.39. The molecule has 0 amide bonds. The zero-order chi connectivity index (χ0) is 9.31. The van der Waals surface area contributed by atoms with E-state index in [-0.39, 0.29) is 0 Å². The van der Waals surface area contributed by atoms with E-state index >= 15 is 0 Å². The monoisotopic (exact) mass is 262 g/mol. The molecule has 0 radical (unpaired) electrons. The van der Waals surface area contributed by atoms with Gasteiger partial charge in [0.2, 0.25) is 0 Å². The maximum atomic E-state index is 10.3. The number of thiophene rings is 1. The van der Waals surface area contributed by atoms with Gasteiger partial charge in [-0.05, 0) is 27.4 Å². The van der Waals surface area contributed by atoms with Crippen LogP contribution in [0.15, 0.2) is 15.9 Å². The molecule has 0 aromatic carbocycles. The fourth-order valence-electron chi connectivity index (χ4n) is 1.56. The van der Waals surface area contributed by atoms with Gasteiger partial charge in [-0.15, -0.1) is 11.3 Å². The molecule has 2 rings (SSSR count). The average molecular weight is 263 g/mol. The Morgan fingerprint density at radius 1 is 1.46 bits per heavy atom. The normalized spacial score (nSPS) is 21.7. The number of hydrogen-bond donors (Lipinski definition) is 1. The van der Waals surface area contributed by atoms with Crippen molar-refractivity contribution in [2.24, 2.45) is 0 Å². The van der Waals surface area contributed by atoms with Crippen LogP contribution in [-0.4, -0.2) is 18.3 Å². The van der Waals surface area contributed by atoms with Gasteiger partial charge in [0.05, 0.1) is 4.88 Å². The summed E-state index contributed by atoms with van der Waals surface area (Å²) in [5.41, 5.74) is -0.661. The Bertz CT molecular complexity index is 292. The number of ether oxygens (including phenoxy) is 1. The Kier molecular flexibility index (Phi) is 2.74. The topological polar surface area (TPSA) is 29.5 Å². The summed E-state index contributed by atoms with van der Waals surface area (Å²) in [4.78, 5) is 1.04. The van der Waals surface area contributed by atoms with E-state index in [1.54, 1.807) is 11.3 Å². The lowest BCUT2D eigenvalue weighted by atomic mass is 9.93. The van der Waals surface area contributed by atoms with Gasteiger partial charge >= 0.3 is 0 Å². The Balaban J connectivity index is 2.27. The van der Waals surface area contributed by atoms with Gasteiger partial charge in [0.15, 0.2) is 0 Å². The van der Waals surface area contributed by atoms with E-state index in [2.05, 4.69) is 15.9 Å². The van der Waals surface area contributed by atoms with Crippen LogP contribution in [0.3, 0.4) is 0 Å². The molecular weight excluding hydrogens is 252 g/mol. The van der Waals surface area contributed by atoms with Gasteiger partial charge in [0, 0.05) is 30.5 Å². The fraction of sp³-hybridized carbons (Fsp3) is 0.556. The van der Waals surface area contributed by atoms with Crippen molar-refractivity contribution in [3.8, 4) is 0 Å². The van der Waals surface area contributed by atoms with E-state index in [0.717, 1.165) is 9.35 Å². The van der Waals surface area contributed by atoms with Crippen LogP contribution in [0, 0.1) is 0 Å². The molecular formula is C9H11BrO2S. The Hall–Kier alpha value is 0.1000. The van der Waals surface area contributed by atoms with Crippen LogP contribution in [0.4, 0.5) is 0 Å². The highest BCUT2D eigenvalue weighted by molar-refractivity contribution is 9.10. The minimum atomic E-state index is -0.661. The van der Waals surface area contributed by atoms with E-state index < -0.39 is 5.60 Å². The molecule has 1 aliphatic rings. The molecule has 0 aliphatic carbocycles. The molecule has 0 bridgehead atoms. The largest absolute Gasteiger partial charge is 0.384 e. The molecule has 0 saturated carbocycles. The molecule has 13 heavy (non-hydrogen) atoms. The molecule has 4 heteroatoms. The summed E-state index contributed by atoms with van der Waals surface area (Å²) >= 11 is 5.05. The van der Waals surface area contributed by atoms with Crippen molar-refractivity contribution < 1.29 is 9.84 Å². The zero-order valence-electron chi connectivity index (χ0n) is 7.12. The molecule has 0 unspecified atom stereocenters. The number of hydrogen-bond acceptors (Lipinski definition) is 3. The van der Waals surface area contributed by atoms with Gasteiger partial charge < -0.3 is 9.84 Å². The Labute approximate surface area is 89.7 Å². The first-order chi connectivity index (χ1) is 6.22. The van der Waals surface area contributed by atoms with Crippen LogP contribution < -0.4 is 0 Å². The van der Waals surface area contributed by atoms with E-state index in [9.17, 15) is 5.11 Å². The van der Waals surface area contributed by atoms with Crippen molar-refractivity contribution in [3.05, 3.63) is 20.8 Å². The highest BCUT2D eigenvalue weighted by Gasteiger charge is 2.34. The van der Waals surface area contributed by atoms with Crippen LogP contribution in [0.5, 0.6) is 0 Å². The summed E-state index contributed by atoms with van der Waals surface area (Å²) in [5.74, 6) is 0. The highest BCUT2D eigenvalue weighted by atomic mass is 79.9.